The van der Waals surface area contributed by atoms with Crippen molar-refractivity contribution in [1.82, 2.24) is 5.32 Å². The third kappa shape index (κ3) is 5.00. The van der Waals surface area contributed by atoms with E-state index in [0.717, 1.165) is 16.9 Å². The van der Waals surface area contributed by atoms with E-state index < -0.39 is 5.54 Å². The molecule has 1 amide bonds. The molecule has 3 nitrogen and oxygen atoms in total. The first-order chi connectivity index (χ1) is 10.9. The van der Waals surface area contributed by atoms with Crippen molar-refractivity contribution in [2.45, 2.75) is 37.2 Å². The number of halogens is 1. The summed E-state index contributed by atoms with van der Waals surface area (Å²) in [6, 6.07) is 17.6. The molecule has 130 valence electrons. The van der Waals surface area contributed by atoms with Crippen LogP contribution in [0.1, 0.15) is 37.9 Å². The van der Waals surface area contributed by atoms with E-state index in [1.807, 2.05) is 37.3 Å². The Morgan fingerprint density at radius 1 is 1.17 bits per heavy atom. The van der Waals surface area contributed by atoms with Crippen molar-refractivity contribution in [1.29, 1.82) is 0 Å². The lowest BCUT2D eigenvalue weighted by Crippen LogP contribution is -2.49. The van der Waals surface area contributed by atoms with E-state index in [9.17, 15) is 4.79 Å². The van der Waals surface area contributed by atoms with Gasteiger partial charge in [0, 0.05) is 4.90 Å². The van der Waals surface area contributed by atoms with Crippen molar-refractivity contribution < 1.29 is 4.79 Å². The normalized spacial score (nSPS) is 14.2. The molecular weight excluding hydrogens is 340 g/mol. The molecule has 0 aliphatic carbocycles. The van der Waals surface area contributed by atoms with Crippen LogP contribution < -0.4 is 11.1 Å². The van der Waals surface area contributed by atoms with Gasteiger partial charge in [0.25, 0.3) is 0 Å². The Balaban J connectivity index is 0.00000288. The van der Waals surface area contributed by atoms with Gasteiger partial charge < -0.3 is 11.1 Å². The second-order valence-corrected chi connectivity index (χ2v) is 7.10. The molecule has 0 spiro atoms. The Bertz CT molecular complexity index is 644. The highest BCUT2D eigenvalue weighted by Gasteiger charge is 2.31. The van der Waals surface area contributed by atoms with Crippen molar-refractivity contribution in [3.8, 4) is 0 Å². The Morgan fingerprint density at radius 3 is 2.29 bits per heavy atom. The monoisotopic (exact) mass is 364 g/mol. The van der Waals surface area contributed by atoms with E-state index in [1.165, 1.54) is 4.90 Å². The van der Waals surface area contributed by atoms with Gasteiger partial charge in [0.15, 0.2) is 0 Å². The number of amides is 1. The quantitative estimate of drug-likeness (QED) is 0.752. The molecule has 0 aliphatic heterocycles. The van der Waals surface area contributed by atoms with Crippen LogP contribution in [0.3, 0.4) is 0 Å². The summed E-state index contributed by atoms with van der Waals surface area (Å²) in [5, 5.41) is 3.02. The lowest BCUT2D eigenvalue weighted by molar-refractivity contribution is -0.126. The number of rotatable bonds is 6. The zero-order valence-electron chi connectivity index (χ0n) is 14.3. The summed E-state index contributed by atoms with van der Waals surface area (Å²) < 4.78 is 0. The SMILES string of the molecule is CCSc1ccc(C(C)NC(=O)C(C)(N)c2ccccc2)cc1.Cl. The number of hydrogen-bond donors (Lipinski definition) is 2. The molecule has 2 aromatic carbocycles. The van der Waals surface area contributed by atoms with Gasteiger partial charge >= 0.3 is 0 Å². The van der Waals surface area contributed by atoms with Crippen LogP contribution in [0.4, 0.5) is 0 Å². The summed E-state index contributed by atoms with van der Waals surface area (Å²) in [6.07, 6.45) is 0. The fourth-order valence-corrected chi connectivity index (χ4v) is 3.03. The smallest absolute Gasteiger partial charge is 0.244 e. The van der Waals surface area contributed by atoms with E-state index in [1.54, 1.807) is 18.7 Å². The minimum absolute atomic E-state index is 0. The fourth-order valence-electron chi connectivity index (χ4n) is 2.36. The van der Waals surface area contributed by atoms with Crippen molar-refractivity contribution in [3.05, 3.63) is 65.7 Å². The third-order valence-electron chi connectivity index (χ3n) is 3.88. The van der Waals surface area contributed by atoms with Crippen molar-refractivity contribution >= 4 is 30.1 Å². The van der Waals surface area contributed by atoms with Gasteiger partial charge in [-0.2, -0.15) is 0 Å². The van der Waals surface area contributed by atoms with E-state index in [4.69, 9.17) is 5.73 Å². The molecule has 0 heterocycles. The molecule has 2 atom stereocenters. The maximum atomic E-state index is 12.6. The first kappa shape index (κ1) is 20.6. The zero-order valence-corrected chi connectivity index (χ0v) is 15.9. The third-order valence-corrected chi connectivity index (χ3v) is 4.78. The molecule has 0 saturated carbocycles. The van der Waals surface area contributed by atoms with Crippen LogP contribution in [0.5, 0.6) is 0 Å². The van der Waals surface area contributed by atoms with Crippen LogP contribution in [0.15, 0.2) is 59.5 Å². The molecule has 5 heteroatoms. The second-order valence-electron chi connectivity index (χ2n) is 5.77. The van der Waals surface area contributed by atoms with Crippen molar-refractivity contribution in [3.63, 3.8) is 0 Å². The lowest BCUT2D eigenvalue weighted by Gasteiger charge is -2.26. The van der Waals surface area contributed by atoms with Crippen LogP contribution in [0.2, 0.25) is 0 Å². The summed E-state index contributed by atoms with van der Waals surface area (Å²) in [5.41, 5.74) is 7.09. The summed E-state index contributed by atoms with van der Waals surface area (Å²) >= 11 is 1.80. The average Bonchev–Trinajstić information content (AvgIpc) is 2.56. The number of nitrogens with one attached hydrogen (secondary N) is 1. The minimum atomic E-state index is -1.05. The molecule has 0 bridgehead atoms. The number of nitrogens with two attached hydrogens (primary N) is 1. The fraction of sp³-hybridized carbons (Fsp3) is 0.316. The van der Waals surface area contributed by atoms with Crippen LogP contribution in [0, 0.1) is 0 Å². The molecule has 0 aromatic heterocycles. The largest absolute Gasteiger partial charge is 0.348 e. The number of hydrogen-bond acceptors (Lipinski definition) is 3. The molecule has 2 aromatic rings. The standard InChI is InChI=1S/C19H24N2OS.ClH/c1-4-23-17-12-10-15(11-13-17)14(2)21-18(22)19(3,20)16-8-6-5-7-9-16;/h5-14H,4,20H2,1-3H3,(H,21,22);1H. The molecule has 2 unspecified atom stereocenters. The van der Waals surface area contributed by atoms with Gasteiger partial charge in [0.1, 0.15) is 5.54 Å². The summed E-state index contributed by atoms with van der Waals surface area (Å²) in [4.78, 5) is 13.8. The Kier molecular flexibility index (Phi) is 7.80. The average molecular weight is 365 g/mol. The Hall–Kier alpha value is -1.49. The van der Waals surface area contributed by atoms with Gasteiger partial charge in [-0.1, -0.05) is 49.4 Å². The van der Waals surface area contributed by atoms with Gasteiger partial charge in [-0.15, -0.1) is 24.2 Å². The summed E-state index contributed by atoms with van der Waals surface area (Å²) in [7, 11) is 0. The van der Waals surface area contributed by atoms with Crippen LogP contribution in [-0.4, -0.2) is 11.7 Å². The Morgan fingerprint density at radius 2 is 1.75 bits per heavy atom. The number of carbonyl (C=O) groups is 1. The van der Waals surface area contributed by atoms with Gasteiger partial charge in [-0.3, -0.25) is 4.79 Å². The van der Waals surface area contributed by atoms with Crippen LogP contribution in [0.25, 0.3) is 0 Å². The van der Waals surface area contributed by atoms with E-state index in [-0.39, 0.29) is 24.4 Å². The molecule has 24 heavy (non-hydrogen) atoms. The predicted molar refractivity (Wildman–Crippen MR) is 105 cm³/mol. The van der Waals surface area contributed by atoms with E-state index in [0.29, 0.717) is 0 Å². The Labute approximate surface area is 154 Å². The summed E-state index contributed by atoms with van der Waals surface area (Å²) in [6.45, 7) is 5.85. The first-order valence-corrected chi connectivity index (χ1v) is 8.82. The number of benzene rings is 2. The van der Waals surface area contributed by atoms with E-state index >= 15 is 0 Å². The highest BCUT2D eigenvalue weighted by molar-refractivity contribution is 7.99. The highest BCUT2D eigenvalue weighted by atomic mass is 35.5. The molecule has 2 rings (SSSR count). The molecular formula is C19H25ClN2OS. The first-order valence-electron chi connectivity index (χ1n) is 7.83. The molecule has 3 N–H and O–H groups in total. The molecule has 0 fully saturated rings. The van der Waals surface area contributed by atoms with Gasteiger partial charge in [-0.05, 0) is 42.9 Å². The molecule has 0 radical (unpaired) electrons. The van der Waals surface area contributed by atoms with Crippen LogP contribution >= 0.6 is 24.2 Å². The summed E-state index contributed by atoms with van der Waals surface area (Å²) in [5.74, 6) is 0.872. The predicted octanol–water partition coefficient (Wildman–Crippen LogP) is 4.27. The number of thioether (sulfide) groups is 1. The second kappa shape index (κ2) is 9.11. The topological polar surface area (TPSA) is 55.1 Å². The lowest BCUT2D eigenvalue weighted by atomic mass is 9.91. The highest BCUT2D eigenvalue weighted by Crippen LogP contribution is 2.22. The van der Waals surface area contributed by atoms with Crippen LogP contribution in [-0.2, 0) is 10.3 Å². The maximum absolute atomic E-state index is 12.6. The molecule has 0 aliphatic rings. The van der Waals surface area contributed by atoms with Gasteiger partial charge in [-0.25, -0.2) is 0 Å². The molecule has 0 saturated heterocycles. The zero-order chi connectivity index (χ0) is 16.9. The van der Waals surface area contributed by atoms with Crippen molar-refractivity contribution in [2.75, 3.05) is 5.75 Å². The van der Waals surface area contributed by atoms with E-state index in [2.05, 4.69) is 36.5 Å². The maximum Gasteiger partial charge on any atom is 0.244 e. The van der Waals surface area contributed by atoms with Crippen molar-refractivity contribution in [2.24, 2.45) is 5.73 Å². The van der Waals surface area contributed by atoms with Gasteiger partial charge in [0.05, 0.1) is 6.04 Å². The number of carbonyl (C=O) groups excluding carboxylic acids is 1. The van der Waals surface area contributed by atoms with Gasteiger partial charge in [0.2, 0.25) is 5.91 Å². The minimum Gasteiger partial charge on any atom is -0.348 e.